The standard InChI is InChI=1S/C24H31NO4/c1-24(2,3)20-9-5-6-10-22(20)29-16-18-14-17(11-12-21(18)27-4)23(26)25-15-19-8-7-13-28-19/h5-6,9-12,14,19H,7-8,13,15-16H2,1-4H3,(H,25,26)/t19-/m1/s1. The Kier molecular flexibility index (Phi) is 6.80. The Hall–Kier alpha value is -2.53. The predicted octanol–water partition coefficient (Wildman–Crippen LogP) is 4.48. The second-order valence-electron chi connectivity index (χ2n) is 8.41. The van der Waals surface area contributed by atoms with Crippen LogP contribution in [0.4, 0.5) is 0 Å². The van der Waals surface area contributed by atoms with Crippen LogP contribution in [0.2, 0.25) is 0 Å². The van der Waals surface area contributed by atoms with E-state index in [0.29, 0.717) is 24.5 Å². The molecule has 5 nitrogen and oxygen atoms in total. The lowest BCUT2D eigenvalue weighted by atomic mass is 9.86. The first-order chi connectivity index (χ1) is 13.9. The fourth-order valence-electron chi connectivity index (χ4n) is 3.51. The summed E-state index contributed by atoms with van der Waals surface area (Å²) in [6.45, 7) is 8.12. The molecule has 1 N–H and O–H groups in total. The minimum absolute atomic E-state index is 0.0231. The number of rotatable bonds is 7. The van der Waals surface area contributed by atoms with Crippen LogP contribution < -0.4 is 14.8 Å². The highest BCUT2D eigenvalue weighted by atomic mass is 16.5. The van der Waals surface area contributed by atoms with Gasteiger partial charge in [-0.15, -0.1) is 0 Å². The van der Waals surface area contributed by atoms with Crippen LogP contribution in [0.5, 0.6) is 11.5 Å². The number of carbonyl (C=O) groups is 1. The van der Waals surface area contributed by atoms with Crippen molar-refractivity contribution in [2.45, 2.75) is 51.7 Å². The maximum absolute atomic E-state index is 12.6. The molecule has 0 saturated carbocycles. The Bertz CT molecular complexity index is 835. The molecule has 3 rings (SSSR count). The molecule has 0 aromatic heterocycles. The van der Waals surface area contributed by atoms with Gasteiger partial charge < -0.3 is 19.5 Å². The van der Waals surface area contributed by atoms with Gasteiger partial charge in [-0.2, -0.15) is 0 Å². The highest BCUT2D eigenvalue weighted by Gasteiger charge is 2.20. The molecule has 2 aromatic carbocycles. The van der Waals surface area contributed by atoms with Crippen molar-refractivity contribution in [2.24, 2.45) is 0 Å². The number of hydrogen-bond acceptors (Lipinski definition) is 4. The molecule has 1 aliphatic rings. The molecule has 29 heavy (non-hydrogen) atoms. The molecule has 0 spiro atoms. The van der Waals surface area contributed by atoms with E-state index in [1.807, 2.05) is 30.3 Å². The topological polar surface area (TPSA) is 56.8 Å². The first-order valence-electron chi connectivity index (χ1n) is 10.2. The number of methoxy groups -OCH3 is 1. The van der Waals surface area contributed by atoms with Gasteiger partial charge in [0.1, 0.15) is 18.1 Å². The summed E-state index contributed by atoms with van der Waals surface area (Å²) in [6.07, 6.45) is 2.17. The number of carbonyl (C=O) groups excluding carboxylic acids is 1. The van der Waals surface area contributed by atoms with Gasteiger partial charge in [0.2, 0.25) is 0 Å². The number of para-hydroxylation sites is 1. The molecule has 0 aliphatic carbocycles. The smallest absolute Gasteiger partial charge is 0.251 e. The maximum Gasteiger partial charge on any atom is 0.251 e. The molecule has 1 aliphatic heterocycles. The lowest BCUT2D eigenvalue weighted by Crippen LogP contribution is -2.31. The van der Waals surface area contributed by atoms with E-state index < -0.39 is 0 Å². The third-order valence-electron chi connectivity index (χ3n) is 5.14. The molecule has 156 valence electrons. The van der Waals surface area contributed by atoms with E-state index >= 15 is 0 Å². The molecule has 1 saturated heterocycles. The average molecular weight is 398 g/mol. The Morgan fingerprint density at radius 2 is 1.97 bits per heavy atom. The lowest BCUT2D eigenvalue weighted by Gasteiger charge is -2.23. The van der Waals surface area contributed by atoms with Gasteiger partial charge in [0.25, 0.3) is 5.91 Å². The third-order valence-corrected chi connectivity index (χ3v) is 5.14. The Morgan fingerprint density at radius 3 is 2.66 bits per heavy atom. The van der Waals surface area contributed by atoms with Crippen molar-refractivity contribution in [2.75, 3.05) is 20.3 Å². The molecule has 5 heteroatoms. The summed E-state index contributed by atoms with van der Waals surface area (Å²) in [4.78, 5) is 12.6. The van der Waals surface area contributed by atoms with Gasteiger partial charge >= 0.3 is 0 Å². The molecule has 1 fully saturated rings. The van der Waals surface area contributed by atoms with E-state index in [4.69, 9.17) is 14.2 Å². The van der Waals surface area contributed by atoms with Crippen molar-refractivity contribution in [1.82, 2.24) is 5.32 Å². The molecule has 1 heterocycles. The van der Waals surface area contributed by atoms with Crippen molar-refractivity contribution in [3.05, 3.63) is 59.2 Å². The van der Waals surface area contributed by atoms with E-state index in [2.05, 4.69) is 32.2 Å². The zero-order valence-electron chi connectivity index (χ0n) is 17.8. The van der Waals surface area contributed by atoms with Gasteiger partial charge in [-0.1, -0.05) is 39.0 Å². The fourth-order valence-corrected chi connectivity index (χ4v) is 3.51. The Labute approximate surface area is 173 Å². The zero-order valence-corrected chi connectivity index (χ0v) is 17.8. The molecule has 0 unspecified atom stereocenters. The average Bonchev–Trinajstić information content (AvgIpc) is 3.23. The first kappa shape index (κ1) is 21.2. The summed E-state index contributed by atoms with van der Waals surface area (Å²) in [6, 6.07) is 13.5. The van der Waals surface area contributed by atoms with Gasteiger partial charge in [0, 0.05) is 24.3 Å². The van der Waals surface area contributed by atoms with Crippen molar-refractivity contribution >= 4 is 5.91 Å². The van der Waals surface area contributed by atoms with Crippen molar-refractivity contribution in [3.8, 4) is 11.5 Å². The molecular formula is C24H31NO4. The summed E-state index contributed by atoms with van der Waals surface area (Å²) in [7, 11) is 1.62. The van der Waals surface area contributed by atoms with Crippen molar-refractivity contribution in [1.29, 1.82) is 0 Å². The number of nitrogens with one attached hydrogen (secondary N) is 1. The largest absolute Gasteiger partial charge is 0.496 e. The van der Waals surface area contributed by atoms with Crippen LogP contribution in [0.15, 0.2) is 42.5 Å². The molecule has 1 atom stereocenters. The minimum atomic E-state index is -0.112. The summed E-state index contributed by atoms with van der Waals surface area (Å²) in [5.41, 5.74) is 2.54. The number of benzene rings is 2. The van der Waals surface area contributed by atoms with Crippen LogP contribution in [-0.2, 0) is 16.8 Å². The van der Waals surface area contributed by atoms with Crippen LogP contribution in [0, 0.1) is 0 Å². The Balaban J connectivity index is 1.72. The minimum Gasteiger partial charge on any atom is -0.496 e. The van der Waals surface area contributed by atoms with Crippen LogP contribution in [0.25, 0.3) is 0 Å². The number of amides is 1. The molecule has 0 bridgehead atoms. The number of hydrogen-bond donors (Lipinski definition) is 1. The third kappa shape index (κ3) is 5.51. The van der Waals surface area contributed by atoms with Crippen molar-refractivity contribution in [3.63, 3.8) is 0 Å². The van der Waals surface area contributed by atoms with E-state index in [1.165, 1.54) is 0 Å². The van der Waals surface area contributed by atoms with Gasteiger partial charge in [0.05, 0.1) is 13.2 Å². The molecular weight excluding hydrogens is 366 g/mol. The quantitative estimate of drug-likeness (QED) is 0.748. The van der Waals surface area contributed by atoms with E-state index in [0.717, 1.165) is 36.3 Å². The first-order valence-corrected chi connectivity index (χ1v) is 10.2. The molecule has 2 aromatic rings. The summed E-state index contributed by atoms with van der Waals surface area (Å²) in [5, 5.41) is 2.96. The van der Waals surface area contributed by atoms with Crippen LogP contribution in [0.1, 0.15) is 55.1 Å². The maximum atomic E-state index is 12.6. The number of ether oxygens (including phenoxy) is 3. The SMILES string of the molecule is COc1ccc(C(=O)NC[C@H]2CCCO2)cc1COc1ccccc1C(C)(C)C. The highest BCUT2D eigenvalue weighted by molar-refractivity contribution is 5.94. The van der Waals surface area contributed by atoms with Crippen LogP contribution >= 0.6 is 0 Å². The van der Waals surface area contributed by atoms with Crippen molar-refractivity contribution < 1.29 is 19.0 Å². The van der Waals surface area contributed by atoms with Crippen LogP contribution in [-0.4, -0.2) is 32.3 Å². The van der Waals surface area contributed by atoms with E-state index in [1.54, 1.807) is 13.2 Å². The lowest BCUT2D eigenvalue weighted by molar-refractivity contribution is 0.0857. The zero-order chi connectivity index (χ0) is 20.9. The van der Waals surface area contributed by atoms with Gasteiger partial charge in [-0.25, -0.2) is 0 Å². The summed E-state index contributed by atoms with van der Waals surface area (Å²) in [5.74, 6) is 1.43. The highest BCUT2D eigenvalue weighted by Crippen LogP contribution is 2.32. The molecule has 1 amide bonds. The van der Waals surface area contributed by atoms with Crippen LogP contribution in [0.3, 0.4) is 0 Å². The van der Waals surface area contributed by atoms with Gasteiger partial charge in [-0.3, -0.25) is 4.79 Å². The normalized spacial score (nSPS) is 16.5. The fraction of sp³-hybridized carbons (Fsp3) is 0.458. The predicted molar refractivity (Wildman–Crippen MR) is 114 cm³/mol. The Morgan fingerprint density at radius 1 is 1.17 bits per heavy atom. The van der Waals surface area contributed by atoms with Gasteiger partial charge in [-0.05, 0) is 48.1 Å². The molecule has 0 radical (unpaired) electrons. The monoisotopic (exact) mass is 397 g/mol. The van der Waals surface area contributed by atoms with E-state index in [9.17, 15) is 4.79 Å². The van der Waals surface area contributed by atoms with E-state index in [-0.39, 0.29) is 17.4 Å². The summed E-state index contributed by atoms with van der Waals surface area (Å²) >= 11 is 0. The van der Waals surface area contributed by atoms with Gasteiger partial charge in [0.15, 0.2) is 0 Å². The second-order valence-corrected chi connectivity index (χ2v) is 8.41. The summed E-state index contributed by atoms with van der Waals surface area (Å²) < 4.78 is 17.2. The second kappa shape index (κ2) is 9.31.